The first-order valence-electron chi connectivity index (χ1n) is 8.14. The number of halogens is 3. The zero-order valence-electron chi connectivity index (χ0n) is 13.8. The van der Waals surface area contributed by atoms with Crippen molar-refractivity contribution in [2.45, 2.75) is 31.5 Å². The molecule has 138 valence electrons. The highest BCUT2D eigenvalue weighted by molar-refractivity contribution is 6.04. The Morgan fingerprint density at radius 2 is 2.08 bits per heavy atom. The number of carbonyl (C=O) groups is 1. The van der Waals surface area contributed by atoms with Crippen LogP contribution in [0.5, 0.6) is 5.88 Å². The summed E-state index contributed by atoms with van der Waals surface area (Å²) in [6.45, 7) is -1.43. The van der Waals surface area contributed by atoms with E-state index in [4.69, 9.17) is 5.73 Å². The van der Waals surface area contributed by atoms with Gasteiger partial charge in [0.1, 0.15) is 0 Å². The summed E-state index contributed by atoms with van der Waals surface area (Å²) in [6.07, 6.45) is -0.653. The molecule has 1 heterocycles. The van der Waals surface area contributed by atoms with E-state index in [2.05, 4.69) is 15.0 Å². The maximum Gasteiger partial charge on any atom is 0.422 e. The van der Waals surface area contributed by atoms with E-state index >= 15 is 0 Å². The normalized spacial score (nSPS) is 16.7. The molecule has 0 aliphatic heterocycles. The molecule has 3 rings (SSSR count). The minimum Gasteiger partial charge on any atom is -0.468 e. The smallest absolute Gasteiger partial charge is 0.422 e. The lowest BCUT2D eigenvalue weighted by molar-refractivity contribution is -0.154. The number of nitrogens with zero attached hydrogens (tertiary/aromatic N) is 1. The van der Waals surface area contributed by atoms with Gasteiger partial charge in [0, 0.05) is 24.0 Å². The van der Waals surface area contributed by atoms with Crippen LogP contribution in [0.25, 0.3) is 0 Å². The standard InChI is InChI=1S/C18H18F3N3O2/c19-18(20,21)10-26-16-6-3-13(9-23-16)17(25)24-15-5-2-11-7-14(22)4-1-12(11)8-15/h2-3,5-6,8-9,14H,1,4,7,10,22H2,(H,24,25). The fourth-order valence-electron chi connectivity index (χ4n) is 2.82. The van der Waals surface area contributed by atoms with Crippen LogP contribution in [-0.4, -0.2) is 29.7 Å². The van der Waals surface area contributed by atoms with Crippen LogP contribution < -0.4 is 15.8 Å². The molecule has 26 heavy (non-hydrogen) atoms. The van der Waals surface area contributed by atoms with Gasteiger partial charge in [-0.25, -0.2) is 4.98 Å². The Morgan fingerprint density at radius 3 is 2.77 bits per heavy atom. The third-order valence-corrected chi connectivity index (χ3v) is 4.11. The number of nitrogens with one attached hydrogen (secondary N) is 1. The van der Waals surface area contributed by atoms with Gasteiger partial charge in [-0.2, -0.15) is 13.2 Å². The van der Waals surface area contributed by atoms with Gasteiger partial charge in [-0.05, 0) is 48.6 Å². The van der Waals surface area contributed by atoms with Crippen LogP contribution in [0.3, 0.4) is 0 Å². The van der Waals surface area contributed by atoms with Crippen molar-refractivity contribution in [3.05, 3.63) is 53.2 Å². The summed E-state index contributed by atoms with van der Waals surface area (Å²) in [6, 6.07) is 8.46. The van der Waals surface area contributed by atoms with Gasteiger partial charge in [-0.3, -0.25) is 4.79 Å². The molecule has 2 aromatic rings. The summed E-state index contributed by atoms with van der Waals surface area (Å²) in [5, 5.41) is 2.76. The first kappa shape index (κ1) is 18.2. The molecule has 1 unspecified atom stereocenters. The Hall–Kier alpha value is -2.61. The Bertz CT molecular complexity index is 791. The summed E-state index contributed by atoms with van der Waals surface area (Å²) < 4.78 is 40.8. The van der Waals surface area contributed by atoms with Crippen molar-refractivity contribution >= 4 is 11.6 Å². The Morgan fingerprint density at radius 1 is 1.27 bits per heavy atom. The van der Waals surface area contributed by atoms with Gasteiger partial charge in [0.15, 0.2) is 6.61 Å². The minimum atomic E-state index is -4.44. The molecule has 1 amide bonds. The van der Waals surface area contributed by atoms with Crippen molar-refractivity contribution in [1.82, 2.24) is 4.98 Å². The summed E-state index contributed by atoms with van der Waals surface area (Å²) >= 11 is 0. The number of hydrogen-bond donors (Lipinski definition) is 2. The molecule has 0 spiro atoms. The number of rotatable bonds is 4. The highest BCUT2D eigenvalue weighted by Gasteiger charge is 2.28. The predicted octanol–water partition coefficient (Wildman–Crippen LogP) is 3.09. The van der Waals surface area contributed by atoms with Gasteiger partial charge in [0.05, 0.1) is 5.56 Å². The zero-order valence-corrected chi connectivity index (χ0v) is 13.8. The third kappa shape index (κ3) is 4.72. The van der Waals surface area contributed by atoms with Crippen LogP contribution in [0.1, 0.15) is 27.9 Å². The molecule has 1 aromatic heterocycles. The summed E-state index contributed by atoms with van der Waals surface area (Å²) in [5.74, 6) is -0.587. The van der Waals surface area contributed by atoms with Crippen LogP contribution in [0.4, 0.5) is 18.9 Å². The van der Waals surface area contributed by atoms with E-state index in [0.29, 0.717) is 5.69 Å². The molecule has 0 radical (unpaired) electrons. The number of aromatic nitrogens is 1. The van der Waals surface area contributed by atoms with Crippen molar-refractivity contribution in [3.63, 3.8) is 0 Å². The number of benzene rings is 1. The van der Waals surface area contributed by atoms with Crippen LogP contribution in [0.2, 0.25) is 0 Å². The molecule has 0 saturated carbocycles. The summed E-state index contributed by atoms with van der Waals surface area (Å²) in [4.78, 5) is 16.0. The Labute approximate surface area is 148 Å². The second-order valence-electron chi connectivity index (χ2n) is 6.23. The lowest BCUT2D eigenvalue weighted by atomic mass is 9.88. The molecule has 1 atom stereocenters. The van der Waals surface area contributed by atoms with Gasteiger partial charge in [-0.15, -0.1) is 0 Å². The van der Waals surface area contributed by atoms with Gasteiger partial charge in [0.2, 0.25) is 5.88 Å². The highest BCUT2D eigenvalue weighted by atomic mass is 19.4. The summed E-state index contributed by atoms with van der Waals surface area (Å²) in [7, 11) is 0. The fourth-order valence-corrected chi connectivity index (χ4v) is 2.82. The Kier molecular flexibility index (Phi) is 5.13. The Balaban J connectivity index is 1.63. The van der Waals surface area contributed by atoms with Crippen molar-refractivity contribution in [1.29, 1.82) is 0 Å². The zero-order chi connectivity index (χ0) is 18.7. The number of fused-ring (bicyclic) bond motifs is 1. The van der Waals surface area contributed by atoms with Gasteiger partial charge in [-0.1, -0.05) is 6.07 Å². The first-order valence-corrected chi connectivity index (χ1v) is 8.14. The largest absolute Gasteiger partial charge is 0.468 e. The van der Waals surface area contributed by atoms with Crippen LogP contribution in [-0.2, 0) is 12.8 Å². The molecule has 5 nitrogen and oxygen atoms in total. The molecule has 0 fully saturated rings. The van der Waals surface area contributed by atoms with Gasteiger partial charge >= 0.3 is 6.18 Å². The number of anilines is 1. The van der Waals surface area contributed by atoms with Gasteiger partial charge < -0.3 is 15.8 Å². The maximum atomic E-state index is 12.3. The molecule has 8 heteroatoms. The second-order valence-corrected chi connectivity index (χ2v) is 6.23. The molecule has 0 saturated heterocycles. The average molecular weight is 365 g/mol. The van der Waals surface area contributed by atoms with E-state index in [-0.39, 0.29) is 17.5 Å². The topological polar surface area (TPSA) is 77.2 Å². The molecule has 1 aromatic carbocycles. The van der Waals surface area contributed by atoms with E-state index in [9.17, 15) is 18.0 Å². The van der Waals surface area contributed by atoms with E-state index in [1.807, 2.05) is 18.2 Å². The monoisotopic (exact) mass is 365 g/mol. The van der Waals surface area contributed by atoms with Crippen molar-refractivity contribution in [3.8, 4) is 5.88 Å². The minimum absolute atomic E-state index is 0.173. The number of nitrogens with two attached hydrogens (primary N) is 1. The molecule has 3 N–H and O–H groups in total. The fraction of sp³-hybridized carbons (Fsp3) is 0.333. The SMILES string of the molecule is NC1CCc2cc(NC(=O)c3ccc(OCC(F)(F)F)nc3)ccc2C1. The first-order chi connectivity index (χ1) is 12.3. The molecule has 1 aliphatic rings. The number of alkyl halides is 3. The molecular weight excluding hydrogens is 347 g/mol. The van der Waals surface area contributed by atoms with Crippen molar-refractivity contribution in [2.24, 2.45) is 5.73 Å². The van der Waals surface area contributed by atoms with Gasteiger partial charge in [0.25, 0.3) is 5.91 Å². The van der Waals surface area contributed by atoms with E-state index in [1.54, 1.807) is 0 Å². The van der Waals surface area contributed by atoms with Crippen molar-refractivity contribution < 1.29 is 22.7 Å². The van der Waals surface area contributed by atoms with Crippen LogP contribution in [0.15, 0.2) is 36.5 Å². The summed E-state index contributed by atoms with van der Waals surface area (Å²) in [5.41, 5.74) is 9.19. The number of pyridine rings is 1. The quantitative estimate of drug-likeness (QED) is 0.873. The van der Waals surface area contributed by atoms with E-state index in [1.165, 1.54) is 29.5 Å². The lowest BCUT2D eigenvalue weighted by Crippen LogP contribution is -2.27. The van der Waals surface area contributed by atoms with E-state index in [0.717, 1.165) is 19.3 Å². The number of aryl methyl sites for hydroxylation is 1. The predicted molar refractivity (Wildman–Crippen MR) is 90.2 cm³/mol. The number of amides is 1. The molecule has 1 aliphatic carbocycles. The maximum absolute atomic E-state index is 12.3. The van der Waals surface area contributed by atoms with Crippen LogP contribution >= 0.6 is 0 Å². The number of hydrogen-bond acceptors (Lipinski definition) is 4. The molecule has 0 bridgehead atoms. The average Bonchev–Trinajstić information content (AvgIpc) is 2.60. The van der Waals surface area contributed by atoms with Crippen molar-refractivity contribution in [2.75, 3.05) is 11.9 Å². The third-order valence-electron chi connectivity index (χ3n) is 4.11. The van der Waals surface area contributed by atoms with E-state index < -0.39 is 18.7 Å². The number of carbonyl (C=O) groups excluding carboxylic acids is 1. The molecular formula is C18H18F3N3O2. The number of ether oxygens (including phenoxy) is 1. The lowest BCUT2D eigenvalue weighted by Gasteiger charge is -2.22. The van der Waals surface area contributed by atoms with Crippen LogP contribution in [0, 0.1) is 0 Å². The highest BCUT2D eigenvalue weighted by Crippen LogP contribution is 2.24. The second kappa shape index (κ2) is 7.33.